The van der Waals surface area contributed by atoms with Gasteiger partial charge in [0.05, 0.1) is 5.56 Å². The minimum absolute atomic E-state index is 0.0369. The Morgan fingerprint density at radius 1 is 1.25 bits per heavy atom. The lowest BCUT2D eigenvalue weighted by molar-refractivity contribution is -0.123. The van der Waals surface area contributed by atoms with Crippen molar-refractivity contribution in [1.82, 2.24) is 9.80 Å². The van der Waals surface area contributed by atoms with E-state index in [4.69, 9.17) is 5.73 Å². The monoisotopic (exact) mass is 293 g/mol. The number of thiophene rings is 1. The summed E-state index contributed by atoms with van der Waals surface area (Å²) in [6.07, 6.45) is 1.70. The van der Waals surface area contributed by atoms with E-state index in [0.29, 0.717) is 6.04 Å². The molecule has 3 heterocycles. The molecule has 0 aromatic carbocycles. The first-order chi connectivity index (χ1) is 9.65. The van der Waals surface area contributed by atoms with E-state index in [-0.39, 0.29) is 17.7 Å². The first-order valence-electron chi connectivity index (χ1n) is 7.00. The highest BCUT2D eigenvalue weighted by molar-refractivity contribution is 7.08. The van der Waals surface area contributed by atoms with Crippen LogP contribution in [0.1, 0.15) is 23.2 Å². The van der Waals surface area contributed by atoms with Gasteiger partial charge in [-0.25, -0.2) is 0 Å². The van der Waals surface area contributed by atoms with Crippen molar-refractivity contribution < 1.29 is 9.59 Å². The van der Waals surface area contributed by atoms with Crippen LogP contribution >= 0.6 is 11.3 Å². The van der Waals surface area contributed by atoms with E-state index < -0.39 is 0 Å². The molecular weight excluding hydrogens is 274 g/mol. The average molecular weight is 293 g/mol. The van der Waals surface area contributed by atoms with Crippen molar-refractivity contribution in [2.45, 2.75) is 18.9 Å². The molecule has 2 N–H and O–H groups in total. The van der Waals surface area contributed by atoms with Crippen LogP contribution in [0.3, 0.4) is 0 Å². The average Bonchev–Trinajstić information content (AvgIpc) is 2.91. The van der Waals surface area contributed by atoms with Crippen molar-refractivity contribution in [2.24, 2.45) is 11.7 Å². The predicted molar refractivity (Wildman–Crippen MR) is 77.5 cm³/mol. The molecule has 0 radical (unpaired) electrons. The summed E-state index contributed by atoms with van der Waals surface area (Å²) in [7, 11) is 0. The second kappa shape index (κ2) is 5.54. The summed E-state index contributed by atoms with van der Waals surface area (Å²) in [5.74, 6) is -0.00286. The number of primary amides is 1. The van der Waals surface area contributed by atoms with E-state index in [9.17, 15) is 9.59 Å². The molecule has 0 aliphatic carbocycles. The molecule has 3 rings (SSSR count). The van der Waals surface area contributed by atoms with E-state index >= 15 is 0 Å². The van der Waals surface area contributed by atoms with Gasteiger partial charge >= 0.3 is 0 Å². The molecule has 1 aromatic heterocycles. The first-order valence-corrected chi connectivity index (χ1v) is 7.94. The van der Waals surface area contributed by atoms with Crippen LogP contribution < -0.4 is 5.73 Å². The van der Waals surface area contributed by atoms with Crippen LogP contribution in [-0.4, -0.2) is 53.8 Å². The molecule has 20 heavy (non-hydrogen) atoms. The highest BCUT2D eigenvalue weighted by Crippen LogP contribution is 2.24. The zero-order chi connectivity index (χ0) is 14.1. The fourth-order valence-electron chi connectivity index (χ4n) is 2.97. The minimum atomic E-state index is -0.174. The van der Waals surface area contributed by atoms with Gasteiger partial charge in [0.1, 0.15) is 0 Å². The molecule has 1 aromatic rings. The molecule has 5 nitrogen and oxygen atoms in total. The van der Waals surface area contributed by atoms with Crippen LogP contribution in [0.5, 0.6) is 0 Å². The van der Waals surface area contributed by atoms with Crippen molar-refractivity contribution in [1.29, 1.82) is 0 Å². The number of hydrogen-bond donors (Lipinski definition) is 1. The smallest absolute Gasteiger partial charge is 0.254 e. The number of likely N-dealkylation sites (tertiary alicyclic amines) is 2. The molecule has 108 valence electrons. The number of hydrogen-bond acceptors (Lipinski definition) is 4. The zero-order valence-electron chi connectivity index (χ0n) is 11.3. The minimum Gasteiger partial charge on any atom is -0.369 e. The van der Waals surface area contributed by atoms with Crippen LogP contribution in [0.25, 0.3) is 0 Å². The maximum absolute atomic E-state index is 12.1. The Kier molecular flexibility index (Phi) is 3.76. The number of piperidine rings is 1. The van der Waals surface area contributed by atoms with Gasteiger partial charge in [0, 0.05) is 30.4 Å². The molecule has 2 aliphatic heterocycles. The topological polar surface area (TPSA) is 66.6 Å². The van der Waals surface area contributed by atoms with Gasteiger partial charge in [-0.15, -0.1) is 0 Å². The lowest BCUT2D eigenvalue weighted by Crippen LogP contribution is -2.62. The summed E-state index contributed by atoms with van der Waals surface area (Å²) in [6.45, 7) is 3.43. The van der Waals surface area contributed by atoms with Crippen molar-refractivity contribution >= 4 is 23.2 Å². The van der Waals surface area contributed by atoms with E-state index in [1.165, 1.54) is 0 Å². The van der Waals surface area contributed by atoms with E-state index in [0.717, 1.165) is 44.6 Å². The van der Waals surface area contributed by atoms with Gasteiger partial charge < -0.3 is 10.6 Å². The molecule has 2 saturated heterocycles. The van der Waals surface area contributed by atoms with E-state index in [1.807, 2.05) is 21.7 Å². The standard InChI is InChI=1S/C14H19N3O2S/c15-13(18)10-1-4-16(5-2-10)12-7-17(8-12)14(19)11-3-6-20-9-11/h3,6,9-10,12H,1-2,4-5,7-8H2,(H2,15,18). The van der Waals surface area contributed by atoms with E-state index in [2.05, 4.69) is 4.90 Å². The lowest BCUT2D eigenvalue weighted by Gasteiger charge is -2.47. The molecular formula is C14H19N3O2S. The van der Waals surface area contributed by atoms with Gasteiger partial charge in [0.25, 0.3) is 5.91 Å². The Morgan fingerprint density at radius 3 is 2.50 bits per heavy atom. The first kappa shape index (κ1) is 13.6. The van der Waals surface area contributed by atoms with Gasteiger partial charge in [-0.2, -0.15) is 11.3 Å². The Labute approximate surface area is 122 Å². The maximum atomic E-state index is 12.1. The van der Waals surface area contributed by atoms with Gasteiger partial charge in [0.15, 0.2) is 0 Å². The third-order valence-electron chi connectivity index (χ3n) is 4.37. The Balaban J connectivity index is 1.47. The third-order valence-corrected chi connectivity index (χ3v) is 5.05. The van der Waals surface area contributed by atoms with Crippen LogP contribution in [0.4, 0.5) is 0 Å². The number of carbonyl (C=O) groups is 2. The summed E-state index contributed by atoms with van der Waals surface area (Å²) in [5, 5.41) is 3.83. The normalized spacial score (nSPS) is 21.7. The third kappa shape index (κ3) is 2.58. The van der Waals surface area contributed by atoms with Crippen molar-refractivity contribution in [3.05, 3.63) is 22.4 Å². The summed E-state index contributed by atoms with van der Waals surface area (Å²) in [6, 6.07) is 2.32. The molecule has 0 atom stereocenters. The largest absolute Gasteiger partial charge is 0.369 e. The summed E-state index contributed by atoms with van der Waals surface area (Å²) in [4.78, 5) is 27.5. The summed E-state index contributed by atoms with van der Waals surface area (Å²) < 4.78 is 0. The lowest BCUT2D eigenvalue weighted by atomic mass is 9.93. The molecule has 2 amide bonds. The molecule has 0 spiro atoms. The van der Waals surface area contributed by atoms with Crippen molar-refractivity contribution in [3.8, 4) is 0 Å². The Hall–Kier alpha value is -1.40. The highest BCUT2D eigenvalue weighted by Gasteiger charge is 2.37. The van der Waals surface area contributed by atoms with Gasteiger partial charge in [-0.05, 0) is 37.4 Å². The van der Waals surface area contributed by atoms with Gasteiger partial charge in [-0.3, -0.25) is 14.5 Å². The second-order valence-electron chi connectivity index (χ2n) is 5.59. The van der Waals surface area contributed by atoms with Crippen molar-refractivity contribution in [2.75, 3.05) is 26.2 Å². The van der Waals surface area contributed by atoms with Crippen LogP contribution in [0.2, 0.25) is 0 Å². The molecule has 0 bridgehead atoms. The Bertz CT molecular complexity index is 489. The number of nitrogens with two attached hydrogens (primary N) is 1. The second-order valence-corrected chi connectivity index (χ2v) is 6.37. The summed E-state index contributed by atoms with van der Waals surface area (Å²) in [5.41, 5.74) is 6.13. The van der Waals surface area contributed by atoms with Crippen molar-refractivity contribution in [3.63, 3.8) is 0 Å². The number of rotatable bonds is 3. The van der Waals surface area contributed by atoms with Gasteiger partial charge in [0.2, 0.25) is 5.91 Å². The molecule has 6 heteroatoms. The van der Waals surface area contributed by atoms with Crippen LogP contribution in [0, 0.1) is 5.92 Å². The predicted octanol–water partition coefficient (Wildman–Crippen LogP) is 0.770. The Morgan fingerprint density at radius 2 is 1.95 bits per heavy atom. The molecule has 2 aliphatic rings. The fraction of sp³-hybridized carbons (Fsp3) is 0.571. The van der Waals surface area contributed by atoms with Crippen LogP contribution in [0.15, 0.2) is 16.8 Å². The molecule has 2 fully saturated rings. The maximum Gasteiger partial charge on any atom is 0.254 e. The summed E-state index contributed by atoms with van der Waals surface area (Å²) >= 11 is 1.55. The quantitative estimate of drug-likeness (QED) is 0.895. The SMILES string of the molecule is NC(=O)C1CCN(C2CN(C(=O)c3ccsc3)C2)CC1. The fourth-order valence-corrected chi connectivity index (χ4v) is 3.60. The highest BCUT2D eigenvalue weighted by atomic mass is 32.1. The molecule has 0 saturated carbocycles. The van der Waals surface area contributed by atoms with Crippen LogP contribution in [-0.2, 0) is 4.79 Å². The van der Waals surface area contributed by atoms with E-state index in [1.54, 1.807) is 11.3 Å². The molecule has 0 unspecified atom stereocenters. The number of amides is 2. The number of carbonyl (C=O) groups excluding carboxylic acids is 2. The van der Waals surface area contributed by atoms with Gasteiger partial charge in [-0.1, -0.05) is 0 Å². The zero-order valence-corrected chi connectivity index (χ0v) is 12.1. The number of nitrogens with zero attached hydrogens (tertiary/aromatic N) is 2.